The molecule has 0 amide bonds. The third-order valence-electron chi connectivity index (χ3n) is 5.27. The number of hydrogen-bond acceptors (Lipinski definition) is 4. The predicted octanol–water partition coefficient (Wildman–Crippen LogP) is 2.08. The number of nitrogens with one attached hydrogen (secondary N) is 2. The first-order valence-electron chi connectivity index (χ1n) is 8.94. The molecule has 3 aromatic rings. The standard InChI is InChI=1S/C21H21N3O3/c1-12-7-8-15(11-13(12)2)24-20(26)17(19(25)23-21(24)27)18-16-6-4-3-5-14(16)9-10-22-18/h3-8,11,18,22,26H,9-10H2,1-2H3,(H,23,25,27). The number of fused-ring (bicyclic) bond motifs is 1. The minimum atomic E-state index is -0.659. The Labute approximate surface area is 156 Å². The van der Waals surface area contributed by atoms with Crippen LogP contribution in [0.5, 0.6) is 5.88 Å². The van der Waals surface area contributed by atoms with Gasteiger partial charge in [0.25, 0.3) is 5.56 Å². The summed E-state index contributed by atoms with van der Waals surface area (Å²) in [6.07, 6.45) is 0.849. The van der Waals surface area contributed by atoms with Gasteiger partial charge in [-0.3, -0.25) is 9.78 Å². The zero-order valence-corrected chi connectivity index (χ0v) is 15.2. The minimum Gasteiger partial charge on any atom is -0.494 e. The van der Waals surface area contributed by atoms with E-state index in [1.807, 2.05) is 50.2 Å². The smallest absolute Gasteiger partial charge is 0.335 e. The van der Waals surface area contributed by atoms with E-state index in [-0.39, 0.29) is 11.4 Å². The van der Waals surface area contributed by atoms with Crippen molar-refractivity contribution in [1.29, 1.82) is 0 Å². The molecule has 138 valence electrons. The van der Waals surface area contributed by atoms with Gasteiger partial charge in [-0.05, 0) is 54.7 Å². The lowest BCUT2D eigenvalue weighted by molar-refractivity contribution is 0.410. The highest BCUT2D eigenvalue weighted by atomic mass is 16.3. The van der Waals surface area contributed by atoms with Crippen LogP contribution < -0.4 is 16.6 Å². The van der Waals surface area contributed by atoms with E-state index in [0.29, 0.717) is 12.2 Å². The Balaban J connectivity index is 1.95. The molecule has 1 aliphatic heterocycles. The Morgan fingerprint density at radius 1 is 1.07 bits per heavy atom. The SMILES string of the molecule is Cc1ccc(-n2c(O)c(C3NCCc4ccccc43)c(=O)[nH]c2=O)cc1C. The third kappa shape index (κ3) is 2.88. The predicted molar refractivity (Wildman–Crippen MR) is 104 cm³/mol. The number of hydrogen-bond donors (Lipinski definition) is 3. The second-order valence-electron chi connectivity index (χ2n) is 6.94. The van der Waals surface area contributed by atoms with Crippen molar-refractivity contribution in [3.05, 3.63) is 91.1 Å². The Morgan fingerprint density at radius 2 is 1.85 bits per heavy atom. The van der Waals surface area contributed by atoms with Crippen molar-refractivity contribution < 1.29 is 5.11 Å². The van der Waals surface area contributed by atoms with Crippen LogP contribution in [0.1, 0.15) is 33.9 Å². The summed E-state index contributed by atoms with van der Waals surface area (Å²) < 4.78 is 1.15. The average molecular weight is 363 g/mol. The van der Waals surface area contributed by atoms with Crippen LogP contribution in [0.25, 0.3) is 5.69 Å². The quantitative estimate of drug-likeness (QED) is 0.651. The van der Waals surface area contributed by atoms with Gasteiger partial charge in [0, 0.05) is 6.54 Å². The molecule has 1 aromatic heterocycles. The molecule has 6 nitrogen and oxygen atoms in total. The number of aryl methyl sites for hydroxylation is 2. The monoisotopic (exact) mass is 363 g/mol. The second kappa shape index (κ2) is 6.55. The van der Waals surface area contributed by atoms with Crippen LogP contribution in [-0.2, 0) is 6.42 Å². The Bertz CT molecular complexity index is 1140. The van der Waals surface area contributed by atoms with Crippen molar-refractivity contribution in [2.75, 3.05) is 6.54 Å². The number of aromatic hydroxyl groups is 1. The van der Waals surface area contributed by atoms with Crippen LogP contribution in [0.4, 0.5) is 0 Å². The Morgan fingerprint density at radius 3 is 2.63 bits per heavy atom. The Kier molecular flexibility index (Phi) is 4.20. The van der Waals surface area contributed by atoms with Gasteiger partial charge in [-0.1, -0.05) is 30.3 Å². The molecule has 1 atom stereocenters. The molecule has 0 fully saturated rings. The van der Waals surface area contributed by atoms with Crippen LogP contribution in [0.2, 0.25) is 0 Å². The number of aromatic amines is 1. The molecule has 27 heavy (non-hydrogen) atoms. The van der Waals surface area contributed by atoms with Gasteiger partial charge in [0.15, 0.2) is 0 Å². The summed E-state index contributed by atoms with van der Waals surface area (Å²) in [5.41, 5.74) is 3.58. The van der Waals surface area contributed by atoms with E-state index >= 15 is 0 Å². The number of aromatic nitrogens is 2. The molecule has 1 unspecified atom stereocenters. The molecule has 2 heterocycles. The third-order valence-corrected chi connectivity index (χ3v) is 5.27. The highest BCUT2D eigenvalue weighted by Crippen LogP contribution is 2.31. The fourth-order valence-corrected chi connectivity index (χ4v) is 3.67. The molecule has 0 bridgehead atoms. The van der Waals surface area contributed by atoms with Gasteiger partial charge in [0.1, 0.15) is 0 Å². The van der Waals surface area contributed by atoms with E-state index < -0.39 is 17.3 Å². The van der Waals surface area contributed by atoms with Crippen molar-refractivity contribution in [3.63, 3.8) is 0 Å². The van der Waals surface area contributed by atoms with Crippen LogP contribution in [0, 0.1) is 13.8 Å². The van der Waals surface area contributed by atoms with Gasteiger partial charge in [-0.25, -0.2) is 9.36 Å². The molecular formula is C21H21N3O3. The first-order chi connectivity index (χ1) is 13.0. The highest BCUT2D eigenvalue weighted by Gasteiger charge is 2.28. The van der Waals surface area contributed by atoms with Crippen LogP contribution in [0.15, 0.2) is 52.1 Å². The van der Waals surface area contributed by atoms with Crippen molar-refractivity contribution >= 4 is 0 Å². The average Bonchev–Trinajstić information content (AvgIpc) is 2.64. The van der Waals surface area contributed by atoms with Crippen molar-refractivity contribution in [2.45, 2.75) is 26.3 Å². The molecule has 0 radical (unpaired) electrons. The van der Waals surface area contributed by atoms with E-state index in [1.54, 1.807) is 6.07 Å². The summed E-state index contributed by atoms with van der Waals surface area (Å²) in [6, 6.07) is 12.8. The zero-order chi connectivity index (χ0) is 19.1. The summed E-state index contributed by atoms with van der Waals surface area (Å²) in [4.78, 5) is 27.4. The van der Waals surface area contributed by atoms with Gasteiger partial charge in [0.05, 0.1) is 17.3 Å². The number of nitrogens with zero attached hydrogens (tertiary/aromatic N) is 1. The van der Waals surface area contributed by atoms with Crippen LogP contribution in [-0.4, -0.2) is 21.2 Å². The van der Waals surface area contributed by atoms with Gasteiger partial charge in [-0.2, -0.15) is 0 Å². The van der Waals surface area contributed by atoms with Crippen LogP contribution in [0.3, 0.4) is 0 Å². The first-order valence-corrected chi connectivity index (χ1v) is 8.94. The fourth-order valence-electron chi connectivity index (χ4n) is 3.67. The summed E-state index contributed by atoms with van der Waals surface area (Å²) in [5, 5.41) is 14.2. The maximum Gasteiger partial charge on any atom is 0.335 e. The molecule has 0 saturated heterocycles. The fraction of sp³-hybridized carbons (Fsp3) is 0.238. The van der Waals surface area contributed by atoms with Crippen molar-refractivity contribution in [3.8, 4) is 11.6 Å². The molecule has 1 aliphatic rings. The molecule has 4 rings (SSSR count). The van der Waals surface area contributed by atoms with Crippen molar-refractivity contribution in [1.82, 2.24) is 14.9 Å². The van der Waals surface area contributed by atoms with Gasteiger partial charge >= 0.3 is 5.69 Å². The lowest BCUT2D eigenvalue weighted by atomic mass is 9.90. The van der Waals surface area contributed by atoms with E-state index in [0.717, 1.165) is 33.2 Å². The summed E-state index contributed by atoms with van der Waals surface area (Å²) in [7, 11) is 0. The molecule has 6 heteroatoms. The number of benzene rings is 2. The molecule has 0 saturated carbocycles. The minimum absolute atomic E-state index is 0.153. The van der Waals surface area contributed by atoms with E-state index in [9.17, 15) is 14.7 Å². The van der Waals surface area contributed by atoms with E-state index in [1.165, 1.54) is 0 Å². The zero-order valence-electron chi connectivity index (χ0n) is 15.2. The summed E-state index contributed by atoms with van der Waals surface area (Å²) >= 11 is 0. The van der Waals surface area contributed by atoms with E-state index in [4.69, 9.17) is 0 Å². The molecule has 0 spiro atoms. The molecular weight excluding hydrogens is 342 g/mol. The molecule has 2 aromatic carbocycles. The lowest BCUT2D eigenvalue weighted by Gasteiger charge is -2.27. The Hall–Kier alpha value is -3.12. The first kappa shape index (κ1) is 17.3. The highest BCUT2D eigenvalue weighted by molar-refractivity contribution is 5.47. The summed E-state index contributed by atoms with van der Waals surface area (Å²) in [5.74, 6) is -0.332. The van der Waals surface area contributed by atoms with Gasteiger partial charge in [0.2, 0.25) is 5.88 Å². The largest absolute Gasteiger partial charge is 0.494 e. The molecule has 0 aliphatic carbocycles. The van der Waals surface area contributed by atoms with Gasteiger partial charge in [-0.15, -0.1) is 0 Å². The maximum atomic E-state index is 12.6. The normalized spacial score (nSPS) is 16.1. The van der Waals surface area contributed by atoms with E-state index in [2.05, 4.69) is 10.3 Å². The summed E-state index contributed by atoms with van der Waals surface area (Å²) in [6.45, 7) is 4.60. The van der Waals surface area contributed by atoms with Crippen LogP contribution >= 0.6 is 0 Å². The van der Waals surface area contributed by atoms with Gasteiger partial charge < -0.3 is 10.4 Å². The second-order valence-corrected chi connectivity index (χ2v) is 6.94. The maximum absolute atomic E-state index is 12.6. The number of rotatable bonds is 2. The lowest BCUT2D eigenvalue weighted by Crippen LogP contribution is -2.38. The number of H-pyrrole nitrogens is 1. The topological polar surface area (TPSA) is 87.1 Å². The van der Waals surface area contributed by atoms with Crippen molar-refractivity contribution in [2.24, 2.45) is 0 Å². The molecule has 3 N–H and O–H groups in total.